The molecule has 6 nitrogen and oxygen atoms in total. The van der Waals surface area contributed by atoms with Crippen molar-refractivity contribution in [2.24, 2.45) is 0 Å². The number of aryl methyl sites for hydroxylation is 2. The smallest absolute Gasteiger partial charge is 0.410 e. The van der Waals surface area contributed by atoms with Crippen molar-refractivity contribution in [2.45, 2.75) is 26.8 Å². The van der Waals surface area contributed by atoms with E-state index < -0.39 is 0 Å². The van der Waals surface area contributed by atoms with Gasteiger partial charge in [-0.15, -0.1) is 0 Å². The molecule has 1 aliphatic heterocycles. The highest BCUT2D eigenvalue weighted by Crippen LogP contribution is 2.19. The first-order valence-corrected chi connectivity index (χ1v) is 10.2. The van der Waals surface area contributed by atoms with Crippen molar-refractivity contribution in [3.8, 4) is 0 Å². The van der Waals surface area contributed by atoms with Crippen LogP contribution in [0.2, 0.25) is 0 Å². The van der Waals surface area contributed by atoms with Crippen LogP contribution in [0.5, 0.6) is 0 Å². The summed E-state index contributed by atoms with van der Waals surface area (Å²) in [4.78, 5) is 28.2. The van der Waals surface area contributed by atoms with Gasteiger partial charge < -0.3 is 15.0 Å². The van der Waals surface area contributed by atoms with Crippen LogP contribution in [0.4, 0.5) is 10.5 Å². The van der Waals surface area contributed by atoms with Crippen molar-refractivity contribution in [3.05, 3.63) is 65.2 Å². The van der Waals surface area contributed by atoms with Gasteiger partial charge in [-0.25, -0.2) is 4.79 Å². The van der Waals surface area contributed by atoms with Crippen LogP contribution in [0.15, 0.2) is 48.5 Å². The van der Waals surface area contributed by atoms with Gasteiger partial charge in [0, 0.05) is 11.3 Å². The minimum absolute atomic E-state index is 0.0236. The first-order valence-electron chi connectivity index (χ1n) is 10.2. The van der Waals surface area contributed by atoms with Gasteiger partial charge in [0.1, 0.15) is 0 Å². The number of nitrogens with one attached hydrogen (secondary N) is 2. The van der Waals surface area contributed by atoms with Crippen molar-refractivity contribution in [1.82, 2.24) is 4.90 Å². The number of quaternary nitrogens is 1. The Balaban J connectivity index is 1.78. The van der Waals surface area contributed by atoms with Crippen molar-refractivity contribution >= 4 is 17.7 Å². The summed E-state index contributed by atoms with van der Waals surface area (Å²) in [6.45, 7) is 8.74. The SMILES string of the molecule is CCOC(=O)N1CC[NH+]([C@H](C(=O)Nc2cc(C)ccc2C)c2ccccc2)CC1. The summed E-state index contributed by atoms with van der Waals surface area (Å²) in [7, 11) is 0. The molecular weight excluding hydrogens is 366 g/mol. The summed E-state index contributed by atoms with van der Waals surface area (Å²) in [6, 6.07) is 15.6. The van der Waals surface area contributed by atoms with E-state index in [1.807, 2.05) is 69.3 Å². The number of ether oxygens (including phenoxy) is 1. The third-order valence-corrected chi connectivity index (χ3v) is 5.39. The molecule has 0 aromatic heterocycles. The van der Waals surface area contributed by atoms with E-state index in [0.717, 1.165) is 27.3 Å². The van der Waals surface area contributed by atoms with Crippen LogP contribution in [0.3, 0.4) is 0 Å². The predicted octanol–water partition coefficient (Wildman–Crippen LogP) is 2.34. The minimum atomic E-state index is -0.333. The number of carbonyl (C=O) groups excluding carboxylic acids is 2. The molecule has 0 saturated carbocycles. The standard InChI is InChI=1S/C23H29N3O3/c1-4-29-23(28)26-14-12-25(13-15-26)21(19-8-6-5-7-9-19)22(27)24-20-16-17(2)10-11-18(20)3/h5-11,16,21H,4,12-15H2,1-3H3,(H,24,27)/p+1/t21-/m0/s1. The lowest BCUT2D eigenvalue weighted by Gasteiger charge is -2.35. The van der Waals surface area contributed by atoms with Gasteiger partial charge in [0.25, 0.3) is 5.91 Å². The third kappa shape index (κ3) is 5.15. The second kappa shape index (κ2) is 9.56. The predicted molar refractivity (Wildman–Crippen MR) is 113 cm³/mol. The first-order chi connectivity index (χ1) is 14.0. The number of amides is 2. The molecule has 154 valence electrons. The van der Waals surface area contributed by atoms with Gasteiger partial charge in [0.15, 0.2) is 6.04 Å². The Morgan fingerprint density at radius 2 is 1.79 bits per heavy atom. The monoisotopic (exact) mass is 396 g/mol. The molecule has 0 spiro atoms. The topological polar surface area (TPSA) is 63.1 Å². The fraction of sp³-hybridized carbons (Fsp3) is 0.391. The van der Waals surface area contributed by atoms with Crippen molar-refractivity contribution in [3.63, 3.8) is 0 Å². The largest absolute Gasteiger partial charge is 0.450 e. The molecule has 0 bridgehead atoms. The first kappa shape index (κ1) is 20.9. The summed E-state index contributed by atoms with van der Waals surface area (Å²) < 4.78 is 5.11. The fourth-order valence-corrected chi connectivity index (χ4v) is 3.77. The lowest BCUT2D eigenvalue weighted by Crippen LogP contribution is -3.16. The van der Waals surface area contributed by atoms with E-state index in [1.54, 1.807) is 4.90 Å². The van der Waals surface area contributed by atoms with Gasteiger partial charge in [0.2, 0.25) is 0 Å². The second-order valence-corrected chi connectivity index (χ2v) is 7.50. The van der Waals surface area contributed by atoms with E-state index in [0.29, 0.717) is 32.8 Å². The third-order valence-electron chi connectivity index (χ3n) is 5.39. The zero-order valence-corrected chi connectivity index (χ0v) is 17.4. The van der Waals surface area contributed by atoms with Crippen LogP contribution < -0.4 is 10.2 Å². The number of piperazine rings is 1. The van der Waals surface area contributed by atoms with Gasteiger partial charge in [-0.05, 0) is 38.0 Å². The van der Waals surface area contributed by atoms with Crippen LogP contribution in [0.25, 0.3) is 0 Å². The van der Waals surface area contributed by atoms with E-state index >= 15 is 0 Å². The number of benzene rings is 2. The van der Waals surface area contributed by atoms with Gasteiger partial charge in [-0.2, -0.15) is 0 Å². The molecule has 2 amide bonds. The van der Waals surface area contributed by atoms with Gasteiger partial charge in [-0.1, -0.05) is 42.5 Å². The summed E-state index contributed by atoms with van der Waals surface area (Å²) in [5.41, 5.74) is 3.98. The average Bonchev–Trinajstić information content (AvgIpc) is 2.72. The van der Waals surface area contributed by atoms with Gasteiger partial charge in [-0.3, -0.25) is 9.69 Å². The van der Waals surface area contributed by atoms with E-state index in [1.165, 1.54) is 0 Å². The molecule has 1 fully saturated rings. The summed E-state index contributed by atoms with van der Waals surface area (Å²) >= 11 is 0. The van der Waals surface area contributed by atoms with Gasteiger partial charge >= 0.3 is 6.09 Å². The minimum Gasteiger partial charge on any atom is -0.450 e. The van der Waals surface area contributed by atoms with E-state index in [9.17, 15) is 9.59 Å². The van der Waals surface area contributed by atoms with Crippen molar-refractivity contribution < 1.29 is 19.2 Å². The Kier molecular flexibility index (Phi) is 6.88. The Morgan fingerprint density at radius 3 is 2.45 bits per heavy atom. The van der Waals surface area contributed by atoms with Gasteiger partial charge in [0.05, 0.1) is 32.8 Å². The summed E-state index contributed by atoms with van der Waals surface area (Å²) in [6.07, 6.45) is -0.275. The molecule has 1 aliphatic rings. The molecule has 2 N–H and O–H groups in total. The molecule has 2 aromatic rings. The highest BCUT2D eigenvalue weighted by atomic mass is 16.6. The van der Waals surface area contributed by atoms with Crippen LogP contribution in [-0.2, 0) is 9.53 Å². The highest BCUT2D eigenvalue weighted by molar-refractivity contribution is 5.95. The maximum Gasteiger partial charge on any atom is 0.410 e. The van der Waals surface area contributed by atoms with Crippen LogP contribution in [0.1, 0.15) is 29.7 Å². The van der Waals surface area contributed by atoms with Crippen molar-refractivity contribution in [1.29, 1.82) is 0 Å². The molecule has 2 aromatic carbocycles. The molecule has 1 atom stereocenters. The number of anilines is 1. The lowest BCUT2D eigenvalue weighted by atomic mass is 10.0. The Hall–Kier alpha value is -2.86. The molecule has 0 aliphatic carbocycles. The second-order valence-electron chi connectivity index (χ2n) is 7.50. The molecule has 29 heavy (non-hydrogen) atoms. The zero-order valence-electron chi connectivity index (χ0n) is 17.4. The number of hydrogen-bond donors (Lipinski definition) is 2. The Morgan fingerprint density at radius 1 is 1.10 bits per heavy atom. The summed E-state index contributed by atoms with van der Waals surface area (Å²) in [5.74, 6) is -0.0236. The summed E-state index contributed by atoms with van der Waals surface area (Å²) in [5, 5.41) is 3.14. The fourth-order valence-electron chi connectivity index (χ4n) is 3.77. The van der Waals surface area contributed by atoms with E-state index in [-0.39, 0.29) is 18.0 Å². The maximum absolute atomic E-state index is 13.4. The average molecular weight is 397 g/mol. The van der Waals surface area contributed by atoms with E-state index in [2.05, 4.69) is 5.32 Å². The molecule has 1 saturated heterocycles. The molecular formula is C23H30N3O3+. The normalized spacial score (nSPS) is 15.6. The number of rotatable bonds is 5. The molecule has 1 heterocycles. The quantitative estimate of drug-likeness (QED) is 0.816. The Labute approximate surface area is 172 Å². The Bertz CT molecular complexity index is 846. The maximum atomic E-state index is 13.4. The molecule has 6 heteroatoms. The van der Waals surface area contributed by atoms with Crippen LogP contribution >= 0.6 is 0 Å². The van der Waals surface area contributed by atoms with Crippen LogP contribution in [-0.4, -0.2) is 49.7 Å². The highest BCUT2D eigenvalue weighted by Gasteiger charge is 2.35. The number of nitrogens with zero attached hydrogens (tertiary/aromatic N) is 1. The number of carbonyl (C=O) groups is 2. The molecule has 0 unspecified atom stereocenters. The zero-order chi connectivity index (χ0) is 20.8. The number of hydrogen-bond acceptors (Lipinski definition) is 3. The lowest BCUT2D eigenvalue weighted by molar-refractivity contribution is -0.925. The van der Waals surface area contributed by atoms with Crippen LogP contribution in [0, 0.1) is 13.8 Å². The molecule has 0 radical (unpaired) electrons. The van der Waals surface area contributed by atoms with Crippen molar-refractivity contribution in [2.75, 3.05) is 38.1 Å². The molecule has 3 rings (SSSR count). The van der Waals surface area contributed by atoms with E-state index in [4.69, 9.17) is 4.74 Å².